The predicted molar refractivity (Wildman–Crippen MR) is 22.5 cm³/mol. The lowest BCUT2D eigenvalue weighted by atomic mass is 10.6. The lowest BCUT2D eigenvalue weighted by Gasteiger charge is -1.42. The Balaban J connectivity index is 3.46. The minimum absolute atomic E-state index is 1.42. The normalized spacial score (nSPS) is 3.80. The lowest BCUT2D eigenvalue weighted by Crippen LogP contribution is -1.28. The summed E-state index contributed by atoms with van der Waals surface area (Å²) in [4.78, 5) is 0. The minimum atomic E-state index is 1.42. The van der Waals surface area contributed by atoms with Crippen LogP contribution in [0.2, 0.25) is 0 Å². The zero-order valence-electron chi connectivity index (χ0n) is 2.86. The Morgan fingerprint density at radius 1 is 1.80 bits per heavy atom. The molecule has 5 heavy (non-hydrogen) atoms. The van der Waals surface area contributed by atoms with Crippen LogP contribution in [0.1, 0.15) is 0 Å². The molecule has 0 nitrogen and oxygen atoms in total. The Hall–Kier alpha value is -0.920. The highest BCUT2D eigenvalue weighted by Crippen LogP contribution is 1.48. The smallest absolute Gasteiger partial charge is 0.0293 e. The molecular formula is C5H4. The van der Waals surface area contributed by atoms with Crippen LogP contribution >= 0.6 is 0 Å². The van der Waals surface area contributed by atoms with Crippen LogP contribution in [-0.4, -0.2) is 0 Å². The Bertz CT molecular complexity index is 87.1. The van der Waals surface area contributed by atoms with Gasteiger partial charge >= 0.3 is 0 Å². The van der Waals surface area contributed by atoms with Gasteiger partial charge in [-0.15, -0.1) is 12.2 Å². The highest BCUT2D eigenvalue weighted by molar-refractivity contribution is 5.06. The van der Waals surface area contributed by atoms with Crippen LogP contribution in [0.25, 0.3) is 0 Å². The highest BCUT2D eigenvalue weighted by atomic mass is 13.4. The van der Waals surface area contributed by atoms with Crippen LogP contribution in [0.5, 0.6) is 0 Å². The average Bonchev–Trinajstić information content (AvgIpc) is 1.41. The van der Waals surface area contributed by atoms with E-state index >= 15 is 0 Å². The van der Waals surface area contributed by atoms with Crippen molar-refractivity contribution >= 4 is 0 Å². The van der Waals surface area contributed by atoms with Gasteiger partial charge < -0.3 is 0 Å². The summed E-state index contributed by atoms with van der Waals surface area (Å²) in [5.41, 5.74) is 2.41. The molecule has 0 N–H and O–H groups in total. The van der Waals surface area contributed by atoms with Crippen LogP contribution < -0.4 is 0 Å². The number of terminal acetylenes is 1. The molecular weight excluding hydrogens is 60.1 g/mol. The molecule has 0 heteroatoms. The fourth-order valence-corrected chi connectivity index (χ4v) is 0.0589. The van der Waals surface area contributed by atoms with Gasteiger partial charge in [-0.2, -0.15) is 0 Å². The topological polar surface area (TPSA) is 0 Å². The Morgan fingerprint density at radius 3 is 2.40 bits per heavy atom. The molecule has 0 bridgehead atoms. The maximum atomic E-state index is 4.73. The number of rotatable bonds is 0. The monoisotopic (exact) mass is 64.0 g/mol. The molecule has 0 aliphatic heterocycles. The maximum absolute atomic E-state index is 4.73. The summed E-state index contributed by atoms with van der Waals surface area (Å²) in [6.07, 6.45) is 6.15. The molecule has 0 rings (SSSR count). The number of hydrogen-bond donors (Lipinski definition) is 0. The van der Waals surface area contributed by atoms with Gasteiger partial charge in [0.2, 0.25) is 0 Å². The third kappa shape index (κ3) is 3.08. The first kappa shape index (κ1) is 4.08. The molecule has 0 heterocycles. The van der Waals surface area contributed by atoms with Crippen molar-refractivity contribution in [1.29, 1.82) is 0 Å². The van der Waals surface area contributed by atoms with Gasteiger partial charge in [-0.05, 0) is 0 Å². The van der Waals surface area contributed by atoms with Crippen molar-refractivity contribution in [3.63, 3.8) is 0 Å². The fraction of sp³-hybridized carbons (Fsp3) is 0. The summed E-state index contributed by atoms with van der Waals surface area (Å²) in [5, 5.41) is 0. The van der Waals surface area contributed by atoms with E-state index in [9.17, 15) is 0 Å². The fourth-order valence-electron chi connectivity index (χ4n) is 0.0589. The highest BCUT2D eigenvalue weighted by Gasteiger charge is 1.34. The molecule has 0 saturated heterocycles. The van der Waals surface area contributed by atoms with Crippen LogP contribution in [0.4, 0.5) is 0 Å². The van der Waals surface area contributed by atoms with E-state index in [2.05, 4.69) is 18.2 Å². The summed E-state index contributed by atoms with van der Waals surface area (Å²) in [6, 6.07) is 0. The molecule has 0 atom stereocenters. The van der Waals surface area contributed by atoms with E-state index in [-0.39, 0.29) is 0 Å². The molecule has 0 fully saturated rings. The van der Waals surface area contributed by atoms with Gasteiger partial charge in [-0.1, -0.05) is 12.5 Å². The van der Waals surface area contributed by atoms with E-state index in [4.69, 9.17) is 6.42 Å². The van der Waals surface area contributed by atoms with E-state index in [1.807, 2.05) is 0 Å². The zero-order valence-corrected chi connectivity index (χ0v) is 2.86. The summed E-state index contributed by atoms with van der Waals surface area (Å²) in [5.74, 6) is 2.22. The molecule has 0 amide bonds. The number of hydrogen-bond acceptors (Lipinski definition) is 0. The molecule has 0 radical (unpaired) electrons. The second-order valence-electron chi connectivity index (χ2n) is 0.515. The van der Waals surface area contributed by atoms with Gasteiger partial charge in [-0.25, -0.2) is 0 Å². The van der Waals surface area contributed by atoms with Gasteiger partial charge in [-0.3, -0.25) is 0 Å². The zero-order chi connectivity index (χ0) is 4.12. The van der Waals surface area contributed by atoms with Crippen molar-refractivity contribution < 1.29 is 0 Å². The van der Waals surface area contributed by atoms with E-state index in [0.717, 1.165) is 0 Å². The first-order valence-electron chi connectivity index (χ1n) is 1.22. The van der Waals surface area contributed by atoms with Crippen molar-refractivity contribution in [1.82, 2.24) is 0 Å². The average molecular weight is 64.1 g/mol. The van der Waals surface area contributed by atoms with Crippen LogP contribution in [0, 0.1) is 12.3 Å². The first-order valence-corrected chi connectivity index (χ1v) is 1.22. The molecule has 0 aliphatic carbocycles. The molecule has 0 aromatic heterocycles. The largest absolute Gasteiger partial charge is 0.120 e. The third-order valence-electron chi connectivity index (χ3n) is 0.185. The van der Waals surface area contributed by atoms with Crippen LogP contribution in [0.3, 0.4) is 0 Å². The number of allylic oxidation sites excluding steroid dienone is 1. The van der Waals surface area contributed by atoms with E-state index in [1.165, 1.54) is 6.08 Å². The predicted octanol–water partition coefficient (Wildman–Crippen LogP) is 0.961. The van der Waals surface area contributed by atoms with Gasteiger partial charge in [0.25, 0.3) is 0 Å². The van der Waals surface area contributed by atoms with Crippen LogP contribution in [0.15, 0.2) is 18.4 Å². The maximum Gasteiger partial charge on any atom is 0.0293 e. The molecule has 0 saturated carbocycles. The Labute approximate surface area is 31.8 Å². The van der Waals surface area contributed by atoms with Gasteiger partial charge in [0, 0.05) is 6.08 Å². The van der Waals surface area contributed by atoms with Crippen molar-refractivity contribution in [3.05, 3.63) is 18.4 Å². The van der Waals surface area contributed by atoms with Crippen molar-refractivity contribution in [2.45, 2.75) is 0 Å². The summed E-state index contributed by atoms with van der Waals surface area (Å²) < 4.78 is 0. The molecule has 0 aromatic carbocycles. The summed E-state index contributed by atoms with van der Waals surface area (Å²) in [7, 11) is 0. The lowest BCUT2D eigenvalue weighted by molar-refractivity contribution is 2.25. The van der Waals surface area contributed by atoms with E-state index in [1.54, 1.807) is 0 Å². The molecule has 0 unspecified atom stereocenters. The van der Waals surface area contributed by atoms with Gasteiger partial charge in [0.1, 0.15) is 0 Å². The summed E-state index contributed by atoms with van der Waals surface area (Å²) >= 11 is 0. The molecule has 24 valence electrons. The van der Waals surface area contributed by atoms with E-state index in [0.29, 0.717) is 0 Å². The van der Waals surface area contributed by atoms with Crippen molar-refractivity contribution in [2.24, 2.45) is 0 Å². The first-order chi connectivity index (χ1) is 2.41. The minimum Gasteiger partial charge on any atom is -0.120 e. The second-order valence-corrected chi connectivity index (χ2v) is 0.515. The standard InChI is InChI=1S/C5H4/c1-3-5-4-2/h1,5H,2H2. The Kier molecular flexibility index (Phi) is 2.51. The van der Waals surface area contributed by atoms with Gasteiger partial charge in [0.05, 0.1) is 0 Å². The third-order valence-corrected chi connectivity index (χ3v) is 0.185. The SMILES string of the molecule is C#CC=C=C. The summed E-state index contributed by atoms with van der Waals surface area (Å²) in [6.45, 7) is 3.23. The van der Waals surface area contributed by atoms with Crippen molar-refractivity contribution in [2.75, 3.05) is 0 Å². The Morgan fingerprint density at radius 2 is 2.40 bits per heavy atom. The second kappa shape index (κ2) is 3.08. The van der Waals surface area contributed by atoms with Gasteiger partial charge in [0.15, 0.2) is 0 Å². The molecule has 0 aromatic rings. The van der Waals surface area contributed by atoms with Crippen molar-refractivity contribution in [3.8, 4) is 12.3 Å². The molecule has 0 aliphatic rings. The quantitative estimate of drug-likeness (QED) is 0.291. The van der Waals surface area contributed by atoms with Crippen LogP contribution in [-0.2, 0) is 0 Å². The molecule has 0 spiro atoms. The van der Waals surface area contributed by atoms with E-state index < -0.39 is 0 Å².